The molecule has 1 aliphatic heterocycles. The molecule has 0 bridgehead atoms. The zero-order valence-corrected chi connectivity index (χ0v) is 5.86. The smallest absolute Gasteiger partial charge is 0.333 e. The van der Waals surface area contributed by atoms with Crippen LogP contribution in [0.15, 0.2) is 16.9 Å². The van der Waals surface area contributed by atoms with E-state index in [1.165, 1.54) is 6.20 Å². The Morgan fingerprint density at radius 1 is 1.73 bits per heavy atom. The number of hydrogen-bond acceptors (Lipinski definition) is 3. The zero-order valence-electron chi connectivity index (χ0n) is 5.86. The van der Waals surface area contributed by atoms with Gasteiger partial charge >= 0.3 is 5.97 Å². The second kappa shape index (κ2) is 3.63. The monoisotopic (exact) mass is 153 g/mol. The van der Waals surface area contributed by atoms with Crippen LogP contribution in [-0.2, 0) is 9.53 Å². The molecule has 0 radical (unpaired) electrons. The standard InChI is InChI=1S/C6H7N3O2/c7-9-8-4-5-2-1-3-11-6(5)10/h4H,1-3H2. The molecule has 5 nitrogen and oxygen atoms in total. The Bertz CT molecular complexity index is 240. The average Bonchev–Trinajstić information content (AvgIpc) is 2.03. The minimum atomic E-state index is -0.372. The molecule has 0 saturated carbocycles. The molecule has 0 spiro atoms. The number of carbonyl (C=O) groups excluding carboxylic acids is 1. The Hall–Kier alpha value is -1.48. The third kappa shape index (κ3) is 1.98. The first-order valence-electron chi connectivity index (χ1n) is 3.25. The van der Waals surface area contributed by atoms with Crippen molar-refractivity contribution in [2.45, 2.75) is 12.8 Å². The number of hydrogen-bond donors (Lipinski definition) is 0. The molecule has 1 fully saturated rings. The highest BCUT2D eigenvalue weighted by atomic mass is 16.5. The molecule has 0 aromatic rings. The molecule has 1 rings (SSSR count). The molecule has 58 valence electrons. The van der Waals surface area contributed by atoms with Crippen molar-refractivity contribution in [3.05, 3.63) is 22.2 Å². The van der Waals surface area contributed by atoms with Crippen molar-refractivity contribution < 1.29 is 9.53 Å². The summed E-state index contributed by atoms with van der Waals surface area (Å²) in [5.74, 6) is -0.372. The third-order valence-electron chi connectivity index (χ3n) is 1.35. The highest BCUT2D eigenvalue weighted by Crippen LogP contribution is 2.13. The van der Waals surface area contributed by atoms with Gasteiger partial charge in [-0.2, -0.15) is 0 Å². The van der Waals surface area contributed by atoms with Gasteiger partial charge in [-0.25, -0.2) is 4.79 Å². The minimum Gasteiger partial charge on any atom is -0.462 e. The maximum Gasteiger partial charge on any atom is 0.333 e. The van der Waals surface area contributed by atoms with Crippen molar-refractivity contribution in [2.75, 3.05) is 6.61 Å². The van der Waals surface area contributed by atoms with Crippen LogP contribution in [0.25, 0.3) is 10.4 Å². The minimum absolute atomic E-state index is 0.372. The van der Waals surface area contributed by atoms with Gasteiger partial charge in [0.25, 0.3) is 0 Å². The molecular formula is C6H7N3O2. The van der Waals surface area contributed by atoms with E-state index in [1.807, 2.05) is 0 Å². The lowest BCUT2D eigenvalue weighted by Crippen LogP contribution is -2.14. The fourth-order valence-electron chi connectivity index (χ4n) is 0.835. The summed E-state index contributed by atoms with van der Waals surface area (Å²) in [6.07, 6.45) is 2.65. The van der Waals surface area contributed by atoms with Crippen LogP contribution >= 0.6 is 0 Å². The first kappa shape index (κ1) is 7.63. The Labute approximate surface area is 63.3 Å². The molecule has 1 aliphatic rings. The summed E-state index contributed by atoms with van der Waals surface area (Å²) < 4.78 is 4.70. The average molecular weight is 153 g/mol. The molecule has 0 unspecified atom stereocenters. The van der Waals surface area contributed by atoms with E-state index in [1.54, 1.807) is 0 Å². The summed E-state index contributed by atoms with van der Waals surface area (Å²) in [5.41, 5.74) is 8.40. The normalized spacial score (nSPS) is 20.7. The van der Waals surface area contributed by atoms with E-state index in [4.69, 9.17) is 10.3 Å². The van der Waals surface area contributed by atoms with E-state index in [2.05, 4.69) is 10.0 Å². The maximum absolute atomic E-state index is 10.8. The van der Waals surface area contributed by atoms with Gasteiger partial charge < -0.3 is 4.74 Å². The molecular weight excluding hydrogens is 146 g/mol. The number of azide groups is 1. The van der Waals surface area contributed by atoms with Crippen LogP contribution in [0.2, 0.25) is 0 Å². The van der Waals surface area contributed by atoms with E-state index in [-0.39, 0.29) is 5.97 Å². The van der Waals surface area contributed by atoms with Crippen molar-refractivity contribution in [3.8, 4) is 0 Å². The first-order chi connectivity index (χ1) is 5.34. The second-order valence-corrected chi connectivity index (χ2v) is 2.10. The molecule has 0 aromatic heterocycles. The quantitative estimate of drug-likeness (QED) is 0.188. The van der Waals surface area contributed by atoms with Crippen LogP contribution in [-0.4, -0.2) is 12.6 Å². The summed E-state index contributed by atoms with van der Waals surface area (Å²) in [7, 11) is 0. The molecule has 0 amide bonds. The van der Waals surface area contributed by atoms with Crippen molar-refractivity contribution in [3.63, 3.8) is 0 Å². The fourth-order valence-corrected chi connectivity index (χ4v) is 0.835. The Balaban J connectivity index is 2.68. The fraction of sp³-hybridized carbons (Fsp3) is 0.500. The van der Waals surface area contributed by atoms with Crippen LogP contribution in [0.5, 0.6) is 0 Å². The number of rotatable bonds is 1. The highest BCUT2D eigenvalue weighted by Gasteiger charge is 2.14. The van der Waals surface area contributed by atoms with Crippen LogP contribution in [0.4, 0.5) is 0 Å². The second-order valence-electron chi connectivity index (χ2n) is 2.10. The lowest BCUT2D eigenvalue weighted by Gasteiger charge is -2.12. The number of ether oxygens (including phenoxy) is 1. The van der Waals surface area contributed by atoms with Gasteiger partial charge in [0, 0.05) is 16.7 Å². The Kier molecular flexibility index (Phi) is 2.52. The van der Waals surface area contributed by atoms with E-state index < -0.39 is 0 Å². The van der Waals surface area contributed by atoms with Crippen molar-refractivity contribution >= 4 is 5.97 Å². The van der Waals surface area contributed by atoms with Gasteiger partial charge in [0.05, 0.1) is 6.61 Å². The van der Waals surface area contributed by atoms with Crippen molar-refractivity contribution in [2.24, 2.45) is 5.11 Å². The van der Waals surface area contributed by atoms with Crippen LogP contribution in [0.3, 0.4) is 0 Å². The Morgan fingerprint density at radius 2 is 2.55 bits per heavy atom. The van der Waals surface area contributed by atoms with E-state index in [9.17, 15) is 4.79 Å². The number of nitrogens with zero attached hydrogens (tertiary/aromatic N) is 3. The summed E-state index contributed by atoms with van der Waals surface area (Å²) in [6.45, 7) is 0.465. The predicted octanol–water partition coefficient (Wildman–Crippen LogP) is 1.52. The van der Waals surface area contributed by atoms with Crippen molar-refractivity contribution in [1.82, 2.24) is 0 Å². The molecule has 0 aromatic carbocycles. The predicted molar refractivity (Wildman–Crippen MR) is 37.4 cm³/mol. The van der Waals surface area contributed by atoms with E-state index >= 15 is 0 Å². The summed E-state index contributed by atoms with van der Waals surface area (Å²) >= 11 is 0. The van der Waals surface area contributed by atoms with Gasteiger partial charge in [0.2, 0.25) is 0 Å². The molecule has 5 heteroatoms. The lowest BCUT2D eigenvalue weighted by atomic mass is 10.1. The first-order valence-corrected chi connectivity index (χ1v) is 3.25. The van der Waals surface area contributed by atoms with Crippen LogP contribution < -0.4 is 0 Å². The molecule has 1 heterocycles. The van der Waals surface area contributed by atoms with Gasteiger partial charge in [-0.15, -0.1) is 0 Å². The van der Waals surface area contributed by atoms with Gasteiger partial charge in [0.15, 0.2) is 0 Å². The van der Waals surface area contributed by atoms with Gasteiger partial charge in [-0.05, 0) is 18.4 Å². The van der Waals surface area contributed by atoms with Gasteiger partial charge in [0.1, 0.15) is 0 Å². The largest absolute Gasteiger partial charge is 0.462 e. The number of carbonyl (C=O) groups is 1. The zero-order chi connectivity index (χ0) is 8.10. The maximum atomic E-state index is 10.8. The number of esters is 1. The molecule has 11 heavy (non-hydrogen) atoms. The van der Waals surface area contributed by atoms with Crippen LogP contribution in [0, 0.1) is 0 Å². The molecule has 0 N–H and O–H groups in total. The van der Waals surface area contributed by atoms with Crippen molar-refractivity contribution in [1.29, 1.82) is 0 Å². The summed E-state index contributed by atoms with van der Waals surface area (Å²) in [5, 5.41) is 3.16. The lowest BCUT2D eigenvalue weighted by molar-refractivity contribution is -0.141. The summed E-state index contributed by atoms with van der Waals surface area (Å²) in [4.78, 5) is 13.3. The Morgan fingerprint density at radius 3 is 3.18 bits per heavy atom. The van der Waals surface area contributed by atoms with Gasteiger partial charge in [-0.3, -0.25) is 0 Å². The van der Waals surface area contributed by atoms with E-state index in [0.29, 0.717) is 18.6 Å². The molecule has 0 atom stereocenters. The number of cyclic esters (lactones) is 1. The molecule has 1 saturated heterocycles. The topological polar surface area (TPSA) is 75.1 Å². The van der Waals surface area contributed by atoms with Crippen LogP contribution in [0.1, 0.15) is 12.8 Å². The SMILES string of the molecule is [N-]=[N+]=NC=C1CCCOC1=O. The van der Waals surface area contributed by atoms with Gasteiger partial charge in [-0.1, -0.05) is 5.11 Å². The molecule has 0 aliphatic carbocycles. The highest BCUT2D eigenvalue weighted by molar-refractivity contribution is 5.88. The third-order valence-corrected chi connectivity index (χ3v) is 1.35. The van der Waals surface area contributed by atoms with E-state index in [0.717, 1.165) is 6.42 Å². The summed E-state index contributed by atoms with van der Waals surface area (Å²) in [6, 6.07) is 0.